The third kappa shape index (κ3) is 4.29. The SMILES string of the molecule is COc1ccc(F)cc1C(C)(C)CC(O)(Cc1cccc2c(=O)n(N)ccc12)C(F)(F)F. The van der Waals surface area contributed by atoms with E-state index in [0.29, 0.717) is 0 Å². The maximum Gasteiger partial charge on any atom is 0.417 e. The van der Waals surface area contributed by atoms with Crippen LogP contribution in [0.1, 0.15) is 31.4 Å². The second-order valence-electron chi connectivity index (χ2n) is 8.52. The van der Waals surface area contributed by atoms with Crippen LogP contribution in [-0.2, 0) is 11.8 Å². The number of ether oxygens (including phenoxy) is 1. The molecular weight excluding hydrogens is 428 g/mol. The lowest BCUT2D eigenvalue weighted by atomic mass is 9.72. The van der Waals surface area contributed by atoms with Crippen LogP contribution in [0.15, 0.2) is 53.5 Å². The third-order valence-electron chi connectivity index (χ3n) is 5.70. The van der Waals surface area contributed by atoms with E-state index in [4.69, 9.17) is 10.6 Å². The van der Waals surface area contributed by atoms with Gasteiger partial charge in [0.05, 0.1) is 7.11 Å². The van der Waals surface area contributed by atoms with Crippen LogP contribution in [0.25, 0.3) is 10.8 Å². The first-order chi connectivity index (χ1) is 14.8. The number of aromatic nitrogens is 1. The van der Waals surface area contributed by atoms with Crippen molar-refractivity contribution >= 4 is 10.8 Å². The fraction of sp³-hybridized carbons (Fsp3) is 0.348. The Morgan fingerprint density at radius 3 is 2.41 bits per heavy atom. The summed E-state index contributed by atoms with van der Waals surface area (Å²) in [7, 11) is 1.34. The van der Waals surface area contributed by atoms with Gasteiger partial charge in [-0.25, -0.2) is 9.07 Å². The molecule has 0 saturated heterocycles. The first-order valence-corrected chi connectivity index (χ1v) is 9.80. The third-order valence-corrected chi connectivity index (χ3v) is 5.70. The van der Waals surface area contributed by atoms with Gasteiger partial charge < -0.3 is 15.7 Å². The molecule has 3 N–H and O–H groups in total. The van der Waals surface area contributed by atoms with E-state index in [1.807, 2.05) is 0 Å². The Labute approximate surface area is 182 Å². The zero-order valence-electron chi connectivity index (χ0n) is 17.8. The number of nitrogen functional groups attached to an aromatic ring is 1. The average molecular weight is 452 g/mol. The van der Waals surface area contributed by atoms with Gasteiger partial charge in [0.2, 0.25) is 0 Å². The topological polar surface area (TPSA) is 77.5 Å². The molecule has 9 heteroatoms. The number of aliphatic hydroxyl groups is 1. The maximum absolute atomic E-state index is 14.2. The second-order valence-corrected chi connectivity index (χ2v) is 8.52. The first kappa shape index (κ1) is 23.6. The quantitative estimate of drug-likeness (QED) is 0.437. The van der Waals surface area contributed by atoms with Crippen LogP contribution < -0.4 is 16.1 Å². The normalized spacial score (nSPS) is 14.4. The summed E-state index contributed by atoms with van der Waals surface area (Å²) >= 11 is 0. The number of hydrogen-bond acceptors (Lipinski definition) is 4. The van der Waals surface area contributed by atoms with Gasteiger partial charge in [-0.15, -0.1) is 0 Å². The highest BCUT2D eigenvalue weighted by atomic mass is 19.4. The number of methoxy groups -OCH3 is 1. The van der Waals surface area contributed by atoms with E-state index in [9.17, 15) is 27.5 Å². The summed E-state index contributed by atoms with van der Waals surface area (Å²) in [5.74, 6) is 5.14. The highest BCUT2D eigenvalue weighted by molar-refractivity contribution is 5.84. The molecule has 3 aromatic rings. The number of fused-ring (bicyclic) bond motifs is 1. The minimum atomic E-state index is -5.00. The van der Waals surface area contributed by atoms with Crippen molar-refractivity contribution in [3.8, 4) is 5.75 Å². The van der Waals surface area contributed by atoms with E-state index >= 15 is 0 Å². The van der Waals surface area contributed by atoms with Crippen molar-refractivity contribution in [1.29, 1.82) is 0 Å². The Hall–Kier alpha value is -3.07. The van der Waals surface area contributed by atoms with Crippen LogP contribution >= 0.6 is 0 Å². The van der Waals surface area contributed by atoms with Crippen LogP contribution in [-0.4, -0.2) is 28.7 Å². The zero-order valence-corrected chi connectivity index (χ0v) is 17.8. The fourth-order valence-electron chi connectivity index (χ4n) is 4.13. The first-order valence-electron chi connectivity index (χ1n) is 9.80. The number of halogens is 4. The summed E-state index contributed by atoms with van der Waals surface area (Å²) in [5.41, 5.74) is -4.70. The molecule has 32 heavy (non-hydrogen) atoms. The molecule has 1 aromatic heterocycles. The molecule has 172 valence electrons. The largest absolute Gasteiger partial charge is 0.496 e. The number of alkyl halides is 3. The summed E-state index contributed by atoms with van der Waals surface area (Å²) in [6, 6.07) is 9.35. The Morgan fingerprint density at radius 2 is 1.78 bits per heavy atom. The standard InChI is InChI=1S/C23H24F4N2O3/c1-21(2,18-11-15(24)7-8-19(18)32-3)13-22(31,23(25,26)27)12-14-5-4-6-17-16(14)9-10-29(28)20(17)30/h4-11,31H,12-13,28H2,1-3H3. The lowest BCUT2D eigenvalue weighted by Gasteiger charge is -2.38. The van der Waals surface area contributed by atoms with Gasteiger partial charge in [-0.05, 0) is 53.1 Å². The molecule has 0 amide bonds. The van der Waals surface area contributed by atoms with Crippen LogP contribution in [0.3, 0.4) is 0 Å². The summed E-state index contributed by atoms with van der Waals surface area (Å²) < 4.78 is 62.5. The van der Waals surface area contributed by atoms with Gasteiger partial charge in [0.15, 0.2) is 5.60 Å². The molecule has 1 unspecified atom stereocenters. The van der Waals surface area contributed by atoms with Crippen molar-refractivity contribution in [1.82, 2.24) is 4.68 Å². The van der Waals surface area contributed by atoms with E-state index in [0.717, 1.165) is 16.8 Å². The van der Waals surface area contributed by atoms with E-state index in [2.05, 4.69) is 0 Å². The number of pyridine rings is 1. The van der Waals surface area contributed by atoms with Gasteiger partial charge in [-0.3, -0.25) is 4.79 Å². The van der Waals surface area contributed by atoms with E-state index in [1.54, 1.807) is 0 Å². The smallest absolute Gasteiger partial charge is 0.417 e. The predicted molar refractivity (Wildman–Crippen MR) is 114 cm³/mol. The molecule has 5 nitrogen and oxygen atoms in total. The highest BCUT2D eigenvalue weighted by Gasteiger charge is 2.56. The molecule has 0 spiro atoms. The van der Waals surface area contributed by atoms with Gasteiger partial charge >= 0.3 is 6.18 Å². The van der Waals surface area contributed by atoms with Crippen molar-refractivity contribution in [2.45, 2.75) is 43.9 Å². The lowest BCUT2D eigenvalue weighted by molar-refractivity contribution is -0.266. The molecule has 0 fully saturated rings. The van der Waals surface area contributed by atoms with E-state index in [-0.39, 0.29) is 27.6 Å². The fourth-order valence-corrected chi connectivity index (χ4v) is 4.13. The number of nitrogens with zero attached hydrogens (tertiary/aromatic N) is 1. The molecule has 0 aliphatic heterocycles. The number of rotatable bonds is 6. The molecule has 0 aliphatic rings. The van der Waals surface area contributed by atoms with Gasteiger partial charge in [-0.1, -0.05) is 26.0 Å². The molecule has 2 aromatic carbocycles. The molecule has 0 bridgehead atoms. The molecule has 3 rings (SSSR count). The minimum absolute atomic E-state index is 0.141. The van der Waals surface area contributed by atoms with Crippen molar-refractivity contribution < 1.29 is 27.4 Å². The molecule has 1 atom stereocenters. The van der Waals surface area contributed by atoms with Crippen LogP contribution in [0.2, 0.25) is 0 Å². The maximum atomic E-state index is 14.2. The lowest BCUT2D eigenvalue weighted by Crippen LogP contribution is -2.51. The molecule has 0 radical (unpaired) electrons. The molecule has 1 heterocycles. The Kier molecular flexibility index (Phi) is 5.99. The van der Waals surface area contributed by atoms with Gasteiger partial charge in [0, 0.05) is 23.6 Å². The molecule has 0 saturated carbocycles. The summed E-state index contributed by atoms with van der Waals surface area (Å²) in [5, 5.41) is 11.4. The van der Waals surface area contributed by atoms with Crippen molar-refractivity contribution in [2.24, 2.45) is 0 Å². The van der Waals surface area contributed by atoms with Crippen LogP contribution in [0, 0.1) is 5.82 Å². The van der Waals surface area contributed by atoms with Gasteiger partial charge in [-0.2, -0.15) is 13.2 Å². The van der Waals surface area contributed by atoms with Crippen LogP contribution in [0.4, 0.5) is 17.6 Å². The zero-order chi connectivity index (χ0) is 23.9. The predicted octanol–water partition coefficient (Wildman–Crippen LogP) is 4.07. The van der Waals surface area contributed by atoms with Crippen molar-refractivity contribution in [3.63, 3.8) is 0 Å². The van der Waals surface area contributed by atoms with Gasteiger partial charge in [0.25, 0.3) is 5.56 Å². The van der Waals surface area contributed by atoms with E-state index < -0.39 is 41.4 Å². The Bertz CT molecular complexity index is 1200. The molecular formula is C23H24F4N2O3. The summed E-state index contributed by atoms with van der Waals surface area (Å²) in [6.45, 7) is 2.97. The second kappa shape index (κ2) is 8.12. The van der Waals surface area contributed by atoms with Gasteiger partial charge in [0.1, 0.15) is 11.6 Å². The van der Waals surface area contributed by atoms with Crippen molar-refractivity contribution in [2.75, 3.05) is 13.0 Å². The Morgan fingerprint density at radius 1 is 1.09 bits per heavy atom. The molecule has 0 aliphatic carbocycles. The average Bonchev–Trinajstić information content (AvgIpc) is 2.70. The number of nitrogens with two attached hydrogens (primary N) is 1. The summed E-state index contributed by atoms with van der Waals surface area (Å²) in [6.07, 6.45) is -5.32. The Balaban J connectivity index is 2.09. The number of benzene rings is 2. The monoisotopic (exact) mass is 452 g/mol. The highest BCUT2D eigenvalue weighted by Crippen LogP contribution is 2.45. The number of hydrogen-bond donors (Lipinski definition) is 2. The van der Waals surface area contributed by atoms with Crippen LogP contribution in [0.5, 0.6) is 5.75 Å². The van der Waals surface area contributed by atoms with Crippen molar-refractivity contribution in [3.05, 3.63) is 76.0 Å². The van der Waals surface area contributed by atoms with E-state index in [1.165, 1.54) is 57.5 Å². The minimum Gasteiger partial charge on any atom is -0.496 e. The summed E-state index contributed by atoms with van der Waals surface area (Å²) in [4.78, 5) is 12.3.